The second kappa shape index (κ2) is 8.52. The number of amides is 2. The average molecular weight is 344 g/mol. The van der Waals surface area contributed by atoms with Crippen LogP contribution in [0.4, 0.5) is 4.79 Å². The molecule has 1 N–H and O–H groups in total. The quantitative estimate of drug-likeness (QED) is 0.830. The number of nitrogens with one attached hydrogen (secondary N) is 1. The Labute approximate surface area is 152 Å². The van der Waals surface area contributed by atoms with E-state index in [-0.39, 0.29) is 6.03 Å². The normalized spacial score (nSPS) is 15.7. The summed E-state index contributed by atoms with van der Waals surface area (Å²) in [5.74, 6) is 0.671. The lowest BCUT2D eigenvalue weighted by Gasteiger charge is -2.31. The van der Waals surface area contributed by atoms with Crippen LogP contribution in [0.1, 0.15) is 51.2 Å². The number of carbonyl (C=O) groups excluding carboxylic acids is 1. The third-order valence-electron chi connectivity index (χ3n) is 5.06. The summed E-state index contributed by atoms with van der Waals surface area (Å²) in [7, 11) is 1.87. The van der Waals surface area contributed by atoms with Gasteiger partial charge in [-0.3, -0.25) is 0 Å². The van der Waals surface area contributed by atoms with Crippen molar-refractivity contribution in [2.45, 2.75) is 45.6 Å². The van der Waals surface area contributed by atoms with Gasteiger partial charge in [0.05, 0.1) is 5.54 Å². The van der Waals surface area contributed by atoms with Crippen LogP contribution in [0.3, 0.4) is 0 Å². The molecule has 0 aliphatic carbocycles. The molecule has 0 radical (unpaired) electrons. The van der Waals surface area contributed by atoms with Crippen molar-refractivity contribution in [3.05, 3.63) is 42.0 Å². The van der Waals surface area contributed by atoms with Crippen LogP contribution in [0.15, 0.2) is 30.8 Å². The molecule has 25 heavy (non-hydrogen) atoms. The summed E-state index contributed by atoms with van der Waals surface area (Å²) in [6.07, 6.45) is 3.25. The van der Waals surface area contributed by atoms with Gasteiger partial charge in [0.1, 0.15) is 0 Å². The molecule has 0 saturated carbocycles. The highest BCUT2D eigenvalue weighted by molar-refractivity contribution is 5.75. The molecular weight excluding hydrogens is 312 g/mol. The third-order valence-corrected chi connectivity index (χ3v) is 5.06. The Morgan fingerprint density at radius 2 is 2.04 bits per heavy atom. The predicted molar refractivity (Wildman–Crippen MR) is 103 cm³/mol. The molecule has 0 aromatic heterocycles. The molecule has 0 unspecified atom stereocenters. The summed E-state index contributed by atoms with van der Waals surface area (Å²) in [6.45, 7) is 12.6. The third kappa shape index (κ3) is 5.60. The number of allylic oxidation sites excluding steroid dienone is 1. The maximum atomic E-state index is 12.6. The number of hydrogen-bond acceptors (Lipinski definition) is 2. The Hall–Kier alpha value is -1.81. The van der Waals surface area contributed by atoms with Gasteiger partial charge in [-0.25, -0.2) is 4.79 Å². The van der Waals surface area contributed by atoms with E-state index >= 15 is 0 Å². The maximum Gasteiger partial charge on any atom is 0.317 e. The topological polar surface area (TPSA) is 41.6 Å². The number of nitrogens with zero attached hydrogens (tertiary/aromatic N) is 1. The minimum absolute atomic E-state index is 0.0298. The predicted octanol–water partition coefficient (Wildman–Crippen LogP) is 4.41. The van der Waals surface area contributed by atoms with Crippen molar-refractivity contribution in [1.82, 2.24) is 10.2 Å². The first kappa shape index (κ1) is 19.5. The molecule has 138 valence electrons. The van der Waals surface area contributed by atoms with E-state index < -0.39 is 5.54 Å². The Balaban J connectivity index is 1.92. The first-order chi connectivity index (χ1) is 11.8. The average Bonchev–Trinajstić information content (AvgIpc) is 2.60. The van der Waals surface area contributed by atoms with Crippen LogP contribution in [0.25, 0.3) is 5.57 Å². The largest absolute Gasteiger partial charge is 0.381 e. The zero-order valence-corrected chi connectivity index (χ0v) is 16.1. The number of rotatable bonds is 6. The first-order valence-corrected chi connectivity index (χ1v) is 9.17. The van der Waals surface area contributed by atoms with Gasteiger partial charge in [-0.1, -0.05) is 30.4 Å². The molecule has 1 heterocycles. The van der Waals surface area contributed by atoms with Crippen LogP contribution >= 0.6 is 0 Å². The minimum atomic E-state index is -0.435. The van der Waals surface area contributed by atoms with Gasteiger partial charge in [0.15, 0.2) is 0 Å². The maximum absolute atomic E-state index is 12.6. The molecule has 1 aromatic carbocycles. The van der Waals surface area contributed by atoms with Crippen molar-refractivity contribution in [2.75, 3.05) is 26.8 Å². The Bertz CT molecular complexity index is 604. The van der Waals surface area contributed by atoms with E-state index in [0.29, 0.717) is 5.92 Å². The fourth-order valence-corrected chi connectivity index (χ4v) is 3.12. The number of benzene rings is 1. The second-order valence-electron chi connectivity index (χ2n) is 7.68. The van der Waals surface area contributed by atoms with Crippen molar-refractivity contribution in [3.8, 4) is 0 Å². The molecule has 4 heteroatoms. The molecular formula is C21H32N2O2. The molecule has 0 atom stereocenters. The van der Waals surface area contributed by atoms with Crippen LogP contribution in [-0.2, 0) is 10.3 Å². The zero-order chi connectivity index (χ0) is 18.4. The van der Waals surface area contributed by atoms with E-state index in [1.807, 2.05) is 40.0 Å². The van der Waals surface area contributed by atoms with Gasteiger partial charge in [0, 0.05) is 26.8 Å². The van der Waals surface area contributed by atoms with Crippen LogP contribution < -0.4 is 5.32 Å². The van der Waals surface area contributed by atoms with E-state index in [1.165, 1.54) is 0 Å². The first-order valence-electron chi connectivity index (χ1n) is 9.17. The fourth-order valence-electron chi connectivity index (χ4n) is 3.12. The molecule has 1 saturated heterocycles. The highest BCUT2D eigenvalue weighted by atomic mass is 16.5. The van der Waals surface area contributed by atoms with Crippen LogP contribution in [0.5, 0.6) is 0 Å². The molecule has 2 amide bonds. The summed E-state index contributed by atoms with van der Waals surface area (Å²) < 4.78 is 5.40. The van der Waals surface area contributed by atoms with Crippen molar-refractivity contribution >= 4 is 11.6 Å². The summed E-state index contributed by atoms with van der Waals surface area (Å²) in [4.78, 5) is 14.4. The summed E-state index contributed by atoms with van der Waals surface area (Å²) >= 11 is 0. The summed E-state index contributed by atoms with van der Waals surface area (Å²) in [5.41, 5.74) is 2.78. The lowest BCUT2D eigenvalue weighted by Crippen LogP contribution is -2.47. The van der Waals surface area contributed by atoms with E-state index in [2.05, 4.69) is 24.0 Å². The number of hydrogen-bond donors (Lipinski definition) is 1. The molecule has 1 aliphatic rings. The highest BCUT2D eigenvalue weighted by Crippen LogP contribution is 2.24. The Morgan fingerprint density at radius 1 is 1.36 bits per heavy atom. The SMILES string of the molecule is C=C(C)c1cccc(C(C)(C)NC(=O)N(C)CCC2CCOCC2)c1. The van der Waals surface area contributed by atoms with Crippen molar-refractivity contribution in [1.29, 1.82) is 0 Å². The Morgan fingerprint density at radius 3 is 2.68 bits per heavy atom. The van der Waals surface area contributed by atoms with E-state index in [0.717, 1.165) is 55.7 Å². The summed E-state index contributed by atoms with van der Waals surface area (Å²) in [6, 6.07) is 8.18. The zero-order valence-electron chi connectivity index (χ0n) is 16.1. The molecule has 1 aromatic rings. The lowest BCUT2D eigenvalue weighted by molar-refractivity contribution is 0.0618. The van der Waals surface area contributed by atoms with Gasteiger partial charge >= 0.3 is 6.03 Å². The van der Waals surface area contributed by atoms with Crippen molar-refractivity contribution < 1.29 is 9.53 Å². The van der Waals surface area contributed by atoms with Crippen LogP contribution in [-0.4, -0.2) is 37.7 Å². The van der Waals surface area contributed by atoms with E-state index in [9.17, 15) is 4.79 Å². The van der Waals surface area contributed by atoms with E-state index in [4.69, 9.17) is 4.74 Å². The lowest BCUT2D eigenvalue weighted by atomic mass is 9.92. The van der Waals surface area contributed by atoms with E-state index in [1.54, 1.807) is 4.90 Å². The van der Waals surface area contributed by atoms with Gasteiger partial charge in [-0.05, 0) is 63.1 Å². The summed E-state index contributed by atoms with van der Waals surface area (Å²) in [5, 5.41) is 3.16. The monoisotopic (exact) mass is 344 g/mol. The van der Waals surface area contributed by atoms with Gasteiger partial charge in [-0.2, -0.15) is 0 Å². The van der Waals surface area contributed by atoms with Gasteiger partial charge in [0.2, 0.25) is 0 Å². The number of carbonyl (C=O) groups is 1. The molecule has 0 spiro atoms. The highest BCUT2D eigenvalue weighted by Gasteiger charge is 2.25. The molecule has 1 aliphatic heterocycles. The van der Waals surface area contributed by atoms with Gasteiger partial charge < -0.3 is 15.0 Å². The molecule has 0 bridgehead atoms. The van der Waals surface area contributed by atoms with Crippen molar-refractivity contribution in [2.24, 2.45) is 5.92 Å². The van der Waals surface area contributed by atoms with Crippen LogP contribution in [0.2, 0.25) is 0 Å². The van der Waals surface area contributed by atoms with Gasteiger partial charge in [-0.15, -0.1) is 0 Å². The fraction of sp³-hybridized carbons (Fsp3) is 0.571. The number of urea groups is 1. The standard InChI is InChI=1S/C21H32N2O2/c1-16(2)18-7-6-8-19(15-18)21(3,4)22-20(24)23(5)12-9-17-10-13-25-14-11-17/h6-8,15,17H,1,9-14H2,2-5H3,(H,22,24). The molecule has 1 fully saturated rings. The molecule has 2 rings (SSSR count). The second-order valence-corrected chi connectivity index (χ2v) is 7.68. The number of ether oxygens (including phenoxy) is 1. The molecule has 4 nitrogen and oxygen atoms in total. The Kier molecular flexibility index (Phi) is 6.65. The minimum Gasteiger partial charge on any atom is -0.381 e. The van der Waals surface area contributed by atoms with Crippen LogP contribution in [0, 0.1) is 5.92 Å². The van der Waals surface area contributed by atoms with Crippen molar-refractivity contribution in [3.63, 3.8) is 0 Å². The smallest absolute Gasteiger partial charge is 0.317 e. The van der Waals surface area contributed by atoms with Gasteiger partial charge in [0.25, 0.3) is 0 Å².